The van der Waals surface area contributed by atoms with Crippen molar-refractivity contribution >= 4 is 77.0 Å². The Bertz CT molecular complexity index is 417. The van der Waals surface area contributed by atoms with E-state index < -0.39 is 0 Å². The highest BCUT2D eigenvalue weighted by Crippen LogP contribution is 2.31. The van der Waals surface area contributed by atoms with Crippen LogP contribution in [0.25, 0.3) is 0 Å². The molecule has 0 spiro atoms. The van der Waals surface area contributed by atoms with E-state index in [4.69, 9.17) is 9.47 Å². The molecule has 0 aromatic heterocycles. The summed E-state index contributed by atoms with van der Waals surface area (Å²) in [5.74, 6) is 1.95. The zero-order valence-corrected chi connectivity index (χ0v) is 21.5. The van der Waals surface area contributed by atoms with Crippen LogP contribution in [-0.2, 0) is 0 Å². The lowest BCUT2D eigenvalue weighted by Crippen LogP contribution is -2.02. The second-order valence-electron chi connectivity index (χ2n) is 5.62. The summed E-state index contributed by atoms with van der Waals surface area (Å²) in [6, 6.07) is 4.20. The van der Waals surface area contributed by atoms with Crippen molar-refractivity contribution in [1.29, 1.82) is 0 Å². The number of benzene rings is 1. The van der Waals surface area contributed by atoms with Crippen molar-refractivity contribution in [3.05, 3.63) is 19.3 Å². The van der Waals surface area contributed by atoms with Crippen LogP contribution >= 0.6 is 77.0 Å². The average molecular weight is 688 g/mol. The quantitative estimate of drug-likeness (QED) is 0.114. The highest BCUT2D eigenvalue weighted by Gasteiger charge is 2.09. The number of hydrogen-bond donors (Lipinski definition) is 0. The van der Waals surface area contributed by atoms with Crippen molar-refractivity contribution in [3.63, 3.8) is 0 Å². The Morgan fingerprint density at radius 1 is 0.625 bits per heavy atom. The second kappa shape index (κ2) is 15.3. The monoisotopic (exact) mass is 686 g/mol. The third kappa shape index (κ3) is 10.4. The Labute approximate surface area is 190 Å². The van der Waals surface area contributed by atoms with Gasteiger partial charge >= 0.3 is 0 Å². The van der Waals surface area contributed by atoms with E-state index >= 15 is 0 Å². The molecule has 0 saturated carbocycles. The minimum atomic E-state index is 0.794. The molecule has 0 aliphatic rings. The van der Waals surface area contributed by atoms with Crippen LogP contribution in [-0.4, -0.2) is 23.9 Å². The van der Waals surface area contributed by atoms with E-state index in [9.17, 15) is 0 Å². The average Bonchev–Trinajstić information content (AvgIpc) is 2.57. The minimum absolute atomic E-state index is 0.794. The van der Waals surface area contributed by atoms with Crippen LogP contribution in [0.1, 0.15) is 51.4 Å². The molecule has 0 bridgehead atoms. The van der Waals surface area contributed by atoms with Gasteiger partial charge in [-0.1, -0.05) is 57.5 Å². The van der Waals surface area contributed by atoms with Crippen LogP contribution in [0.15, 0.2) is 12.1 Å². The van der Waals surface area contributed by atoms with Crippen LogP contribution in [0.2, 0.25) is 0 Å². The number of halogens is 4. The van der Waals surface area contributed by atoms with Crippen molar-refractivity contribution < 1.29 is 9.47 Å². The number of unbranched alkanes of at least 4 members (excludes halogenated alkanes) is 6. The lowest BCUT2D eigenvalue weighted by Gasteiger charge is -2.13. The van der Waals surface area contributed by atoms with E-state index in [2.05, 4.69) is 89.2 Å². The zero-order chi connectivity index (χ0) is 17.6. The molecule has 0 unspecified atom stereocenters. The van der Waals surface area contributed by atoms with E-state index in [0.717, 1.165) is 55.4 Å². The minimum Gasteiger partial charge on any atom is -0.492 e. The number of ether oxygens (including phenoxy) is 2. The normalized spacial score (nSPS) is 10.8. The Morgan fingerprint density at radius 2 is 1.00 bits per heavy atom. The first-order valence-electron chi connectivity index (χ1n) is 8.55. The molecule has 0 atom stereocenters. The van der Waals surface area contributed by atoms with Gasteiger partial charge in [-0.2, -0.15) is 0 Å². The van der Waals surface area contributed by atoms with Crippen molar-refractivity contribution in [3.8, 4) is 11.5 Å². The molecule has 0 aliphatic heterocycles. The van der Waals surface area contributed by atoms with Crippen LogP contribution in [0.3, 0.4) is 0 Å². The van der Waals surface area contributed by atoms with Gasteiger partial charge in [-0.3, -0.25) is 0 Å². The van der Waals surface area contributed by atoms with Crippen LogP contribution in [0, 0.1) is 7.14 Å². The fourth-order valence-corrected chi connectivity index (χ4v) is 4.18. The summed E-state index contributed by atoms with van der Waals surface area (Å²) in [5, 5.41) is 2.20. The van der Waals surface area contributed by atoms with Crippen LogP contribution in [0.4, 0.5) is 0 Å². The zero-order valence-electron chi connectivity index (χ0n) is 14.0. The SMILES string of the molecule is BrCCCCCCOc1cc(I)c(OCCCCCCBr)cc1I. The maximum atomic E-state index is 5.94. The van der Waals surface area contributed by atoms with Gasteiger partial charge in [-0.15, -0.1) is 0 Å². The molecule has 0 radical (unpaired) electrons. The Balaban J connectivity index is 2.33. The molecular formula is C18H26Br2I2O2. The van der Waals surface area contributed by atoms with E-state index in [1.807, 2.05) is 0 Å². The third-order valence-corrected chi connectivity index (χ3v) is 6.36. The van der Waals surface area contributed by atoms with Gasteiger partial charge in [0.25, 0.3) is 0 Å². The van der Waals surface area contributed by atoms with Gasteiger partial charge in [0.2, 0.25) is 0 Å². The molecule has 0 N–H and O–H groups in total. The molecule has 24 heavy (non-hydrogen) atoms. The standard InChI is InChI=1S/C18H26Br2I2O2/c19-9-5-1-3-7-11-23-17-13-16(22)18(14-15(17)21)24-12-8-4-2-6-10-20/h13-14H,1-12H2. The van der Waals surface area contributed by atoms with Crippen molar-refractivity contribution in [2.24, 2.45) is 0 Å². The van der Waals surface area contributed by atoms with Gasteiger partial charge < -0.3 is 9.47 Å². The van der Waals surface area contributed by atoms with Gasteiger partial charge in [-0.25, -0.2) is 0 Å². The van der Waals surface area contributed by atoms with Crippen molar-refractivity contribution in [2.45, 2.75) is 51.4 Å². The molecule has 0 amide bonds. The maximum Gasteiger partial charge on any atom is 0.133 e. The molecule has 1 rings (SSSR count). The lowest BCUT2D eigenvalue weighted by atomic mass is 10.2. The summed E-state index contributed by atoms with van der Waals surface area (Å²) in [7, 11) is 0. The third-order valence-electron chi connectivity index (χ3n) is 3.56. The summed E-state index contributed by atoms with van der Waals surface area (Å²) in [6.07, 6.45) is 9.73. The summed E-state index contributed by atoms with van der Waals surface area (Å²) in [5.41, 5.74) is 0. The number of hydrogen-bond acceptors (Lipinski definition) is 2. The summed E-state index contributed by atoms with van der Waals surface area (Å²) in [4.78, 5) is 0. The van der Waals surface area contributed by atoms with Gasteiger partial charge in [0.1, 0.15) is 11.5 Å². The summed E-state index contributed by atoms with van der Waals surface area (Å²) >= 11 is 11.6. The van der Waals surface area contributed by atoms with Crippen molar-refractivity contribution in [1.82, 2.24) is 0 Å². The second-order valence-corrected chi connectivity index (χ2v) is 9.53. The van der Waals surface area contributed by atoms with Crippen LogP contribution < -0.4 is 9.47 Å². The Morgan fingerprint density at radius 3 is 1.38 bits per heavy atom. The van der Waals surface area contributed by atoms with E-state index in [0.29, 0.717) is 0 Å². The first kappa shape index (κ1) is 23.3. The predicted octanol–water partition coefficient (Wildman–Crippen LogP) is 7.56. The van der Waals surface area contributed by atoms with Gasteiger partial charge in [0.15, 0.2) is 0 Å². The molecule has 6 heteroatoms. The molecular weight excluding hydrogens is 662 g/mol. The Hall–Kier alpha value is 1.24. The fraction of sp³-hybridized carbons (Fsp3) is 0.667. The molecule has 0 heterocycles. The van der Waals surface area contributed by atoms with E-state index in [-0.39, 0.29) is 0 Å². The summed E-state index contributed by atoms with van der Waals surface area (Å²) < 4.78 is 14.1. The molecule has 1 aromatic rings. The topological polar surface area (TPSA) is 18.5 Å². The van der Waals surface area contributed by atoms with E-state index in [1.54, 1.807) is 0 Å². The van der Waals surface area contributed by atoms with E-state index in [1.165, 1.54) is 38.5 Å². The molecule has 0 saturated heterocycles. The smallest absolute Gasteiger partial charge is 0.133 e. The van der Waals surface area contributed by atoms with Gasteiger partial charge in [0, 0.05) is 10.7 Å². The van der Waals surface area contributed by atoms with Gasteiger partial charge in [-0.05, 0) is 83.0 Å². The molecule has 0 aliphatic carbocycles. The van der Waals surface area contributed by atoms with Gasteiger partial charge in [0.05, 0.1) is 20.4 Å². The number of rotatable bonds is 14. The largest absolute Gasteiger partial charge is 0.492 e. The number of alkyl halides is 2. The summed E-state index contributed by atoms with van der Waals surface area (Å²) in [6.45, 7) is 1.59. The van der Waals surface area contributed by atoms with Crippen LogP contribution in [0.5, 0.6) is 11.5 Å². The highest BCUT2D eigenvalue weighted by atomic mass is 127. The fourth-order valence-electron chi connectivity index (χ4n) is 2.20. The lowest BCUT2D eigenvalue weighted by molar-refractivity contribution is 0.293. The molecule has 0 fully saturated rings. The first-order valence-corrected chi connectivity index (χ1v) is 13.0. The Kier molecular flexibility index (Phi) is 14.9. The highest BCUT2D eigenvalue weighted by molar-refractivity contribution is 14.1. The molecule has 138 valence electrons. The predicted molar refractivity (Wildman–Crippen MR) is 127 cm³/mol. The maximum absolute atomic E-state index is 5.94. The molecule has 2 nitrogen and oxygen atoms in total. The molecule has 1 aromatic carbocycles. The first-order chi connectivity index (χ1) is 11.7. The van der Waals surface area contributed by atoms with Crippen molar-refractivity contribution in [2.75, 3.05) is 23.9 Å².